The van der Waals surface area contributed by atoms with Gasteiger partial charge in [-0.25, -0.2) is 4.98 Å². The first-order chi connectivity index (χ1) is 12.8. The molecule has 0 radical (unpaired) electrons. The Morgan fingerprint density at radius 1 is 1.22 bits per heavy atom. The third-order valence-corrected chi connectivity index (χ3v) is 5.07. The number of anilines is 1. The molecule has 1 fully saturated rings. The highest BCUT2D eigenvalue weighted by Crippen LogP contribution is 2.31. The van der Waals surface area contributed by atoms with Gasteiger partial charge < -0.3 is 15.2 Å². The van der Waals surface area contributed by atoms with Crippen molar-refractivity contribution in [2.24, 2.45) is 11.8 Å². The summed E-state index contributed by atoms with van der Waals surface area (Å²) < 4.78 is 1.35. The first-order valence-corrected chi connectivity index (χ1v) is 8.94. The minimum atomic E-state index is -1.19. The number of aromatic amines is 1. The molecule has 0 aromatic carbocycles. The van der Waals surface area contributed by atoms with Gasteiger partial charge in [0.1, 0.15) is 5.82 Å². The topological polar surface area (TPSA) is 133 Å². The van der Waals surface area contributed by atoms with Crippen molar-refractivity contribution in [2.75, 3.05) is 5.32 Å². The van der Waals surface area contributed by atoms with Crippen LogP contribution in [-0.2, 0) is 9.59 Å². The van der Waals surface area contributed by atoms with Gasteiger partial charge in [0.15, 0.2) is 0 Å². The van der Waals surface area contributed by atoms with Gasteiger partial charge in [-0.3, -0.25) is 14.6 Å². The fourth-order valence-electron chi connectivity index (χ4n) is 3.43. The smallest absolute Gasteiger partial charge is 0.255 e. The largest absolute Gasteiger partial charge is 0.550 e. The molecule has 2 N–H and O–H groups in total. The number of hydrogen-bond donors (Lipinski definition) is 2. The number of aromatic nitrogens is 4. The molecular weight excluding hydrogens is 350 g/mol. The van der Waals surface area contributed by atoms with E-state index in [-0.39, 0.29) is 11.5 Å². The zero-order chi connectivity index (χ0) is 19.7. The van der Waals surface area contributed by atoms with Gasteiger partial charge in [-0.05, 0) is 33.6 Å². The Hall–Kier alpha value is -2.97. The van der Waals surface area contributed by atoms with E-state index in [0.717, 1.165) is 12.8 Å². The summed E-state index contributed by atoms with van der Waals surface area (Å²) in [5.74, 6) is -2.52. The highest BCUT2D eigenvalue weighted by atomic mass is 16.4. The lowest BCUT2D eigenvalue weighted by Crippen LogP contribution is -2.42. The Morgan fingerprint density at radius 2 is 1.89 bits per heavy atom. The van der Waals surface area contributed by atoms with E-state index in [1.165, 1.54) is 4.68 Å². The van der Waals surface area contributed by atoms with Gasteiger partial charge in [-0.1, -0.05) is 12.8 Å². The predicted molar refractivity (Wildman–Crippen MR) is 95.3 cm³/mol. The molecule has 9 heteroatoms. The summed E-state index contributed by atoms with van der Waals surface area (Å²) in [4.78, 5) is 43.1. The predicted octanol–water partition coefficient (Wildman–Crippen LogP) is 0.376. The zero-order valence-corrected chi connectivity index (χ0v) is 15.5. The Labute approximate surface area is 155 Å². The highest BCUT2D eigenvalue weighted by molar-refractivity contribution is 5.94. The minimum absolute atomic E-state index is 0.187. The molecule has 144 valence electrons. The van der Waals surface area contributed by atoms with Gasteiger partial charge in [0.25, 0.3) is 5.56 Å². The maximum absolute atomic E-state index is 12.7. The lowest BCUT2D eigenvalue weighted by atomic mass is 9.79. The van der Waals surface area contributed by atoms with Crippen molar-refractivity contribution in [1.82, 2.24) is 19.7 Å². The molecular formula is C18H22N5O4-. The maximum atomic E-state index is 12.7. The Kier molecular flexibility index (Phi) is 5.11. The first-order valence-electron chi connectivity index (χ1n) is 8.94. The SMILES string of the molecule is Cc1cc(NC(=O)[C@H]2CCCC[C@H]2C(=O)[O-])n(-c2nc(C)c(C)c(=O)[nH]2)n1. The van der Waals surface area contributed by atoms with Crippen molar-refractivity contribution in [2.45, 2.75) is 46.5 Å². The van der Waals surface area contributed by atoms with E-state index in [2.05, 4.69) is 20.4 Å². The normalized spacial score (nSPS) is 19.7. The van der Waals surface area contributed by atoms with Crippen molar-refractivity contribution in [3.8, 4) is 5.95 Å². The van der Waals surface area contributed by atoms with Gasteiger partial charge in [0.2, 0.25) is 11.9 Å². The summed E-state index contributed by atoms with van der Waals surface area (Å²) >= 11 is 0. The van der Waals surface area contributed by atoms with Crippen molar-refractivity contribution in [3.63, 3.8) is 0 Å². The van der Waals surface area contributed by atoms with Crippen LogP contribution in [0, 0.1) is 32.6 Å². The van der Waals surface area contributed by atoms with Crippen molar-refractivity contribution >= 4 is 17.7 Å². The number of carbonyl (C=O) groups excluding carboxylic acids is 2. The summed E-state index contributed by atoms with van der Waals surface area (Å²) in [6, 6.07) is 1.64. The van der Waals surface area contributed by atoms with Crippen LogP contribution in [0.15, 0.2) is 10.9 Å². The van der Waals surface area contributed by atoms with E-state index in [0.29, 0.717) is 35.6 Å². The molecule has 9 nitrogen and oxygen atoms in total. The van der Waals surface area contributed by atoms with Crippen LogP contribution in [-0.4, -0.2) is 31.6 Å². The van der Waals surface area contributed by atoms with Crippen molar-refractivity contribution < 1.29 is 14.7 Å². The molecule has 2 atom stereocenters. The number of hydrogen-bond acceptors (Lipinski definition) is 6. The highest BCUT2D eigenvalue weighted by Gasteiger charge is 2.32. The van der Waals surface area contributed by atoms with Crippen LogP contribution in [0.3, 0.4) is 0 Å². The third kappa shape index (κ3) is 3.76. The lowest BCUT2D eigenvalue weighted by Gasteiger charge is -2.31. The fourth-order valence-corrected chi connectivity index (χ4v) is 3.43. The monoisotopic (exact) mass is 372 g/mol. The quantitative estimate of drug-likeness (QED) is 0.797. The fraction of sp³-hybridized carbons (Fsp3) is 0.500. The second-order valence-corrected chi connectivity index (χ2v) is 6.99. The number of rotatable bonds is 4. The van der Waals surface area contributed by atoms with Gasteiger partial charge in [0.05, 0.1) is 5.69 Å². The molecule has 0 bridgehead atoms. The third-order valence-electron chi connectivity index (χ3n) is 5.07. The van der Waals surface area contributed by atoms with Crippen LogP contribution >= 0.6 is 0 Å². The molecule has 0 unspecified atom stereocenters. The van der Waals surface area contributed by atoms with Crippen LogP contribution < -0.4 is 16.0 Å². The summed E-state index contributed by atoms with van der Waals surface area (Å²) in [6.45, 7) is 5.14. The molecule has 0 saturated heterocycles. The number of aliphatic carboxylic acids is 1. The van der Waals surface area contributed by atoms with Gasteiger partial charge in [0, 0.05) is 35.1 Å². The number of H-pyrrole nitrogens is 1. The molecule has 1 amide bonds. The van der Waals surface area contributed by atoms with E-state index >= 15 is 0 Å². The van der Waals surface area contributed by atoms with Crippen molar-refractivity contribution in [3.05, 3.63) is 33.4 Å². The molecule has 2 heterocycles. The molecule has 27 heavy (non-hydrogen) atoms. The lowest BCUT2D eigenvalue weighted by molar-refractivity contribution is -0.313. The number of carbonyl (C=O) groups is 2. The number of amides is 1. The molecule has 3 rings (SSSR count). The van der Waals surface area contributed by atoms with Crippen molar-refractivity contribution in [1.29, 1.82) is 0 Å². The molecule has 1 saturated carbocycles. The zero-order valence-electron chi connectivity index (χ0n) is 15.5. The van der Waals surface area contributed by atoms with Gasteiger partial charge in [-0.2, -0.15) is 9.78 Å². The Morgan fingerprint density at radius 3 is 2.52 bits per heavy atom. The first kappa shape index (κ1) is 18.8. The summed E-state index contributed by atoms with van der Waals surface area (Å²) in [7, 11) is 0. The van der Waals surface area contributed by atoms with Gasteiger partial charge in [-0.15, -0.1) is 0 Å². The molecule has 1 aliphatic carbocycles. The summed E-state index contributed by atoms with van der Waals surface area (Å²) in [5.41, 5.74) is 1.40. The maximum Gasteiger partial charge on any atom is 0.255 e. The van der Waals surface area contributed by atoms with E-state index in [4.69, 9.17) is 0 Å². The number of nitrogens with one attached hydrogen (secondary N) is 2. The van der Waals surface area contributed by atoms with Crippen LogP contribution in [0.5, 0.6) is 0 Å². The molecule has 0 aliphatic heterocycles. The van der Waals surface area contributed by atoms with Crippen LogP contribution in [0.25, 0.3) is 5.95 Å². The molecule has 2 aromatic rings. The Bertz CT molecular complexity index is 946. The van der Waals surface area contributed by atoms with Crippen LogP contribution in [0.1, 0.15) is 42.6 Å². The number of carboxylic acids is 1. The van der Waals surface area contributed by atoms with Gasteiger partial charge >= 0.3 is 0 Å². The second-order valence-electron chi connectivity index (χ2n) is 6.99. The summed E-state index contributed by atoms with van der Waals surface area (Å²) in [5, 5.41) is 18.4. The number of nitrogens with zero attached hydrogens (tertiary/aromatic N) is 3. The average molecular weight is 372 g/mol. The standard InChI is InChI=1S/C18H23N5O4/c1-9-8-14(20-16(25)12-6-4-5-7-13(12)17(26)27)23(22-9)18-19-11(3)10(2)15(24)21-18/h8,12-13H,4-7H2,1-3H3,(H,20,25)(H,26,27)(H,19,21,24)/p-1/t12-,13+/m0/s1. The van der Waals surface area contributed by atoms with E-state index in [1.54, 1.807) is 26.8 Å². The Balaban J connectivity index is 1.91. The molecule has 0 spiro atoms. The molecule has 2 aromatic heterocycles. The number of aryl methyl sites for hydroxylation is 2. The van der Waals surface area contributed by atoms with E-state index in [9.17, 15) is 19.5 Å². The average Bonchev–Trinajstić information content (AvgIpc) is 2.99. The summed E-state index contributed by atoms with van der Waals surface area (Å²) in [6.07, 6.45) is 2.50. The van der Waals surface area contributed by atoms with E-state index in [1.807, 2.05) is 0 Å². The van der Waals surface area contributed by atoms with Crippen LogP contribution in [0.4, 0.5) is 5.82 Å². The van der Waals surface area contributed by atoms with E-state index < -0.39 is 23.7 Å². The van der Waals surface area contributed by atoms with Crippen LogP contribution in [0.2, 0.25) is 0 Å². The molecule has 1 aliphatic rings. The number of carboxylic acid groups (broad SMARTS) is 1. The minimum Gasteiger partial charge on any atom is -0.550 e. The second kappa shape index (κ2) is 7.34.